The van der Waals surface area contributed by atoms with Gasteiger partial charge in [0, 0.05) is 97.4 Å². The van der Waals surface area contributed by atoms with Crippen LogP contribution in [0.2, 0.25) is 10.0 Å². The topological polar surface area (TPSA) is 106 Å². The van der Waals surface area contributed by atoms with Gasteiger partial charge in [-0.15, -0.1) is 0 Å². The van der Waals surface area contributed by atoms with Gasteiger partial charge in [-0.3, -0.25) is 9.98 Å². The number of anilines is 6. The van der Waals surface area contributed by atoms with Crippen molar-refractivity contribution >= 4 is 69.8 Å². The second-order valence-electron chi connectivity index (χ2n) is 17.9. The Morgan fingerprint density at radius 3 is 1.01 bits per heavy atom. The number of halogens is 2. The molecule has 0 aliphatic carbocycles. The molecule has 0 atom stereocenters. The molecule has 0 amide bonds. The fraction of sp³-hybridized carbons (Fsp3) is 0.153. The number of aliphatic imine (C=N–C) groups is 2. The van der Waals surface area contributed by atoms with Gasteiger partial charge in [-0.05, 0) is 158 Å². The summed E-state index contributed by atoms with van der Waals surface area (Å²) < 4.78 is 17.1. The molecular formula is C59H54Cl2N4O4W. The first-order valence-electron chi connectivity index (χ1n) is 22.7. The standard InChI is InChI=1S/C59H54Cl2N4O2.2O.W/c1-39-27-49(64(45-19-11-7-12-20-45)46-21-13-8-14-22-46)28-40(2)57(39)51-33-55(66)43(31-53(51)60)35-62-37-59(5,6)38-63-36-44-32-54(61)52(34-56(44)67)58-41(3)29-50(30-42(58)4)65(47-23-15-9-16-24-47)48-25-17-10-18-26-48;;;/h7-36,66-67H,37-38H2,1-6H3;;;. The number of para-hydroxylation sites is 4. The summed E-state index contributed by atoms with van der Waals surface area (Å²) in [7, 11) is 0. The van der Waals surface area contributed by atoms with Crippen LogP contribution in [0.15, 0.2) is 180 Å². The average molecular weight is 1140 g/mol. The van der Waals surface area contributed by atoms with Crippen molar-refractivity contribution in [1.29, 1.82) is 0 Å². The molecule has 354 valence electrons. The van der Waals surface area contributed by atoms with Crippen LogP contribution < -0.4 is 9.80 Å². The molecule has 0 aliphatic rings. The molecule has 0 aliphatic heterocycles. The van der Waals surface area contributed by atoms with Gasteiger partial charge in [-0.1, -0.05) is 110 Å². The molecule has 0 radical (unpaired) electrons. The number of hydrogen-bond donors (Lipinski definition) is 2. The summed E-state index contributed by atoms with van der Waals surface area (Å²) in [6.07, 6.45) is 3.33. The molecule has 70 heavy (non-hydrogen) atoms. The molecule has 8 rings (SSSR count). The third-order valence-corrected chi connectivity index (χ3v) is 12.5. The first kappa shape index (κ1) is 51.0. The average Bonchev–Trinajstić information content (AvgIpc) is 3.33. The van der Waals surface area contributed by atoms with E-state index in [1.807, 2.05) is 72.8 Å². The van der Waals surface area contributed by atoms with Gasteiger partial charge in [0.05, 0.1) is 0 Å². The fourth-order valence-corrected chi connectivity index (χ4v) is 9.30. The quantitative estimate of drug-likeness (QED) is 0.105. The molecule has 8 aromatic rings. The summed E-state index contributed by atoms with van der Waals surface area (Å²) in [6, 6.07) is 56.9. The zero-order valence-corrected chi connectivity index (χ0v) is 44.3. The van der Waals surface area contributed by atoms with Crippen LogP contribution in [0.1, 0.15) is 47.2 Å². The van der Waals surface area contributed by atoms with E-state index in [1.54, 1.807) is 36.7 Å². The Kier molecular flexibility index (Phi) is 16.9. The van der Waals surface area contributed by atoms with Crippen LogP contribution in [0.25, 0.3) is 22.3 Å². The molecular weight excluding hydrogens is 1080 g/mol. The van der Waals surface area contributed by atoms with E-state index < -0.39 is 18.5 Å². The number of nitrogens with zero attached hydrogens (tertiary/aromatic N) is 4. The summed E-state index contributed by atoms with van der Waals surface area (Å²) in [5, 5.41) is 23.6. The van der Waals surface area contributed by atoms with Crippen molar-refractivity contribution < 1.29 is 35.5 Å². The fourth-order valence-electron chi connectivity index (χ4n) is 8.77. The number of phenols is 2. The molecule has 0 saturated carbocycles. The second-order valence-corrected chi connectivity index (χ2v) is 19.2. The van der Waals surface area contributed by atoms with E-state index >= 15 is 0 Å². The first-order chi connectivity index (χ1) is 33.7. The van der Waals surface area contributed by atoms with Crippen LogP contribution in [0.5, 0.6) is 11.5 Å². The van der Waals surface area contributed by atoms with Crippen LogP contribution in [0.3, 0.4) is 0 Å². The van der Waals surface area contributed by atoms with Crippen LogP contribution >= 0.6 is 23.2 Å². The van der Waals surface area contributed by atoms with Crippen molar-refractivity contribution in [3.05, 3.63) is 213 Å². The monoisotopic (exact) mass is 1140 g/mol. The van der Waals surface area contributed by atoms with Crippen molar-refractivity contribution in [2.45, 2.75) is 41.5 Å². The number of benzene rings is 8. The molecule has 0 bridgehead atoms. The Morgan fingerprint density at radius 2 is 0.743 bits per heavy atom. The van der Waals surface area contributed by atoms with E-state index in [9.17, 15) is 10.2 Å². The van der Waals surface area contributed by atoms with E-state index in [0.29, 0.717) is 34.3 Å². The molecule has 8 nitrogen and oxygen atoms in total. The van der Waals surface area contributed by atoms with Crippen LogP contribution in [0.4, 0.5) is 34.1 Å². The van der Waals surface area contributed by atoms with Gasteiger partial charge in [0.15, 0.2) is 0 Å². The first-order valence-corrected chi connectivity index (χ1v) is 25.8. The molecule has 0 fully saturated rings. The van der Waals surface area contributed by atoms with E-state index in [2.05, 4.69) is 124 Å². The third kappa shape index (κ3) is 12.1. The number of rotatable bonds is 14. The minimum absolute atomic E-state index is 0.0931. The maximum absolute atomic E-state index is 11.3. The predicted octanol–water partition coefficient (Wildman–Crippen LogP) is 16.2. The van der Waals surface area contributed by atoms with E-state index in [0.717, 1.165) is 78.6 Å². The SMILES string of the molecule is Cc1cc(N(c2ccccc2)c2ccccc2)cc(C)c1-c1cc(O)c(C=NCC(C)(C)CN=Cc2cc(Cl)c(-c3c(C)cc(N(c4ccccc4)c4ccccc4)cc3C)cc2O)cc1Cl.[O]=[W]=[O]. The molecule has 0 spiro atoms. The van der Waals surface area contributed by atoms with E-state index in [4.69, 9.17) is 40.0 Å². The summed E-state index contributed by atoms with van der Waals surface area (Å²) in [5.41, 5.74) is 14.6. The van der Waals surface area contributed by atoms with Gasteiger partial charge in [-0.25, -0.2) is 0 Å². The Balaban J connectivity index is 0.00000235. The van der Waals surface area contributed by atoms with Gasteiger partial charge in [0.25, 0.3) is 0 Å². The number of hydrogen-bond acceptors (Lipinski definition) is 8. The van der Waals surface area contributed by atoms with Crippen molar-refractivity contribution in [3.8, 4) is 33.8 Å². The Bertz CT molecular complexity index is 2870. The number of aryl methyl sites for hydroxylation is 4. The second kappa shape index (κ2) is 23.2. The van der Waals surface area contributed by atoms with Crippen LogP contribution in [0, 0.1) is 33.1 Å². The minimum atomic E-state index is -2.25. The molecule has 0 aromatic heterocycles. The zero-order valence-electron chi connectivity index (χ0n) is 39.9. The summed E-state index contributed by atoms with van der Waals surface area (Å²) in [6.45, 7) is 13.3. The van der Waals surface area contributed by atoms with Crippen molar-refractivity contribution in [2.75, 3.05) is 22.9 Å². The molecule has 2 N–H and O–H groups in total. The predicted molar refractivity (Wildman–Crippen MR) is 285 cm³/mol. The Labute approximate surface area is 429 Å². The summed E-state index contributed by atoms with van der Waals surface area (Å²) in [4.78, 5) is 13.9. The maximum atomic E-state index is 11.3. The number of aromatic hydroxyl groups is 2. The van der Waals surface area contributed by atoms with Gasteiger partial charge in [0.1, 0.15) is 11.5 Å². The molecule has 8 aromatic carbocycles. The summed E-state index contributed by atoms with van der Waals surface area (Å²) >= 11 is 11.7. The molecule has 0 saturated heterocycles. The van der Waals surface area contributed by atoms with Crippen LogP contribution in [-0.4, -0.2) is 35.7 Å². The zero-order chi connectivity index (χ0) is 50.0. The molecule has 11 heteroatoms. The van der Waals surface area contributed by atoms with Crippen LogP contribution in [-0.2, 0) is 25.3 Å². The Hall–Kier alpha value is -6.83. The molecule has 0 heterocycles. The van der Waals surface area contributed by atoms with E-state index in [-0.39, 0.29) is 16.9 Å². The van der Waals surface area contributed by atoms with Crippen molar-refractivity contribution in [3.63, 3.8) is 0 Å². The molecule has 0 unspecified atom stereocenters. The van der Waals surface area contributed by atoms with E-state index in [1.165, 1.54) is 0 Å². The van der Waals surface area contributed by atoms with Crippen molar-refractivity contribution in [2.24, 2.45) is 15.4 Å². The Morgan fingerprint density at radius 1 is 0.471 bits per heavy atom. The van der Waals surface area contributed by atoms with Gasteiger partial charge in [0.2, 0.25) is 0 Å². The number of phenolic OH excluding ortho intramolecular Hbond substituents is 2. The van der Waals surface area contributed by atoms with Gasteiger partial charge >= 0.3 is 25.3 Å². The normalized spacial score (nSPS) is 11.4. The third-order valence-electron chi connectivity index (χ3n) is 11.9. The van der Waals surface area contributed by atoms with Gasteiger partial charge < -0.3 is 20.0 Å². The summed E-state index contributed by atoms with van der Waals surface area (Å²) in [5.74, 6) is 0.186. The van der Waals surface area contributed by atoms with Crippen molar-refractivity contribution in [1.82, 2.24) is 0 Å². The van der Waals surface area contributed by atoms with Gasteiger partial charge in [-0.2, -0.15) is 0 Å².